The molecule has 1 amide bonds. The Morgan fingerprint density at radius 1 is 1.29 bits per heavy atom. The molecule has 0 aliphatic rings. The van der Waals surface area contributed by atoms with E-state index in [1.165, 1.54) is 7.11 Å². The second kappa shape index (κ2) is 6.61. The highest BCUT2D eigenvalue weighted by Crippen LogP contribution is 2.28. The highest BCUT2D eigenvalue weighted by Gasteiger charge is 2.20. The van der Waals surface area contributed by atoms with Gasteiger partial charge in [0.2, 0.25) is 0 Å². The number of carbonyl (C=O) groups is 1. The Kier molecular flexibility index (Phi) is 4.83. The number of carbonyl (C=O) groups excluding carboxylic acids is 1. The molecular formula is C16H17ClN2O2. The van der Waals surface area contributed by atoms with Gasteiger partial charge in [-0.25, -0.2) is 0 Å². The molecular weight excluding hydrogens is 288 g/mol. The summed E-state index contributed by atoms with van der Waals surface area (Å²) in [5.74, 6) is -0.257. The van der Waals surface area contributed by atoms with E-state index in [4.69, 9.17) is 22.1 Å². The van der Waals surface area contributed by atoms with Crippen LogP contribution in [0.1, 0.15) is 17.2 Å². The Morgan fingerprint density at radius 2 is 1.95 bits per heavy atom. The molecule has 1 atom stereocenters. The molecule has 21 heavy (non-hydrogen) atoms. The van der Waals surface area contributed by atoms with Crippen LogP contribution in [0, 0.1) is 6.92 Å². The fourth-order valence-corrected chi connectivity index (χ4v) is 2.22. The number of nitrogen functional groups attached to an aromatic ring is 1. The van der Waals surface area contributed by atoms with Crippen molar-refractivity contribution in [2.75, 3.05) is 18.2 Å². The number of methoxy groups -OCH3 is 1. The van der Waals surface area contributed by atoms with E-state index in [-0.39, 0.29) is 5.91 Å². The molecule has 0 heterocycles. The molecule has 0 radical (unpaired) electrons. The molecule has 110 valence electrons. The number of rotatable bonds is 4. The number of nitrogens with one attached hydrogen (secondary N) is 1. The van der Waals surface area contributed by atoms with Gasteiger partial charge < -0.3 is 15.8 Å². The van der Waals surface area contributed by atoms with Gasteiger partial charge in [-0.2, -0.15) is 0 Å². The predicted octanol–water partition coefficient (Wildman–Crippen LogP) is 3.56. The molecule has 0 fully saturated rings. The van der Waals surface area contributed by atoms with Crippen LogP contribution in [0.15, 0.2) is 42.5 Å². The van der Waals surface area contributed by atoms with E-state index < -0.39 is 6.10 Å². The molecule has 2 aromatic carbocycles. The summed E-state index contributed by atoms with van der Waals surface area (Å²) in [6.45, 7) is 1.85. The molecule has 4 nitrogen and oxygen atoms in total. The summed E-state index contributed by atoms with van der Waals surface area (Å²) in [5.41, 5.74) is 8.46. The van der Waals surface area contributed by atoms with Crippen molar-refractivity contribution in [3.05, 3.63) is 58.6 Å². The van der Waals surface area contributed by atoms with Crippen molar-refractivity contribution in [1.29, 1.82) is 0 Å². The first-order valence-electron chi connectivity index (χ1n) is 6.47. The smallest absolute Gasteiger partial charge is 0.258 e. The molecule has 3 N–H and O–H groups in total. The Labute approximate surface area is 128 Å². The van der Waals surface area contributed by atoms with Gasteiger partial charge >= 0.3 is 0 Å². The van der Waals surface area contributed by atoms with E-state index in [2.05, 4.69) is 5.32 Å². The second-order valence-electron chi connectivity index (χ2n) is 4.70. The van der Waals surface area contributed by atoms with Gasteiger partial charge in [-0.1, -0.05) is 41.9 Å². The zero-order valence-corrected chi connectivity index (χ0v) is 12.6. The van der Waals surface area contributed by atoms with Crippen molar-refractivity contribution in [1.82, 2.24) is 0 Å². The first-order valence-corrected chi connectivity index (χ1v) is 6.85. The van der Waals surface area contributed by atoms with Crippen LogP contribution >= 0.6 is 11.6 Å². The van der Waals surface area contributed by atoms with Crippen LogP contribution < -0.4 is 11.1 Å². The Bertz CT molecular complexity index is 644. The minimum absolute atomic E-state index is 0.257. The summed E-state index contributed by atoms with van der Waals surface area (Å²) in [6, 6.07) is 12.7. The topological polar surface area (TPSA) is 64.3 Å². The van der Waals surface area contributed by atoms with E-state index in [0.717, 1.165) is 11.1 Å². The molecule has 2 aromatic rings. The third-order valence-electron chi connectivity index (χ3n) is 3.18. The molecule has 1 unspecified atom stereocenters. The number of amides is 1. The molecule has 0 aliphatic heterocycles. The number of halogens is 1. The van der Waals surface area contributed by atoms with Gasteiger partial charge in [-0.15, -0.1) is 0 Å². The van der Waals surface area contributed by atoms with E-state index in [0.29, 0.717) is 16.4 Å². The number of ether oxygens (including phenoxy) is 1. The zero-order chi connectivity index (χ0) is 15.4. The van der Waals surface area contributed by atoms with Crippen molar-refractivity contribution in [3.63, 3.8) is 0 Å². The number of anilines is 2. The second-order valence-corrected chi connectivity index (χ2v) is 5.11. The van der Waals surface area contributed by atoms with Crippen molar-refractivity contribution in [2.45, 2.75) is 13.0 Å². The summed E-state index contributed by atoms with van der Waals surface area (Å²) in [7, 11) is 1.50. The van der Waals surface area contributed by atoms with Crippen LogP contribution in [0.25, 0.3) is 0 Å². The maximum absolute atomic E-state index is 12.4. The van der Waals surface area contributed by atoms with Gasteiger partial charge in [-0.05, 0) is 30.2 Å². The third-order valence-corrected chi connectivity index (χ3v) is 3.51. The van der Waals surface area contributed by atoms with Crippen molar-refractivity contribution in [3.8, 4) is 0 Å². The van der Waals surface area contributed by atoms with E-state index in [9.17, 15) is 4.79 Å². The normalized spacial score (nSPS) is 12.0. The average Bonchev–Trinajstić information content (AvgIpc) is 2.46. The molecule has 0 saturated carbocycles. The fourth-order valence-electron chi connectivity index (χ4n) is 2.06. The maximum Gasteiger partial charge on any atom is 0.258 e. The quantitative estimate of drug-likeness (QED) is 0.849. The van der Waals surface area contributed by atoms with Crippen LogP contribution in [0.2, 0.25) is 5.02 Å². The Hall–Kier alpha value is -2.04. The lowest BCUT2D eigenvalue weighted by Crippen LogP contribution is -2.23. The van der Waals surface area contributed by atoms with E-state index in [1.54, 1.807) is 12.1 Å². The lowest BCUT2D eigenvalue weighted by molar-refractivity contribution is -0.126. The van der Waals surface area contributed by atoms with Gasteiger partial charge in [0.05, 0.1) is 10.7 Å². The van der Waals surface area contributed by atoms with Crippen molar-refractivity contribution >= 4 is 28.9 Å². The Morgan fingerprint density at radius 3 is 2.57 bits per heavy atom. The van der Waals surface area contributed by atoms with Gasteiger partial charge in [0.1, 0.15) is 0 Å². The standard InChI is InChI=1S/C16H17ClN2O2/c1-10-8-13(18)12(17)9-14(10)19-16(20)15(21-2)11-6-4-3-5-7-11/h3-9,15H,18H2,1-2H3,(H,19,20). The minimum Gasteiger partial charge on any atom is -0.398 e. The summed E-state index contributed by atoms with van der Waals surface area (Å²) < 4.78 is 5.29. The third kappa shape index (κ3) is 3.54. The average molecular weight is 305 g/mol. The van der Waals surface area contributed by atoms with Gasteiger partial charge in [0.15, 0.2) is 6.10 Å². The predicted molar refractivity (Wildman–Crippen MR) is 85.4 cm³/mol. The van der Waals surface area contributed by atoms with Crippen LogP contribution in [0.3, 0.4) is 0 Å². The summed E-state index contributed by atoms with van der Waals surface area (Å²) in [6.07, 6.45) is -0.679. The lowest BCUT2D eigenvalue weighted by atomic mass is 10.1. The maximum atomic E-state index is 12.4. The lowest BCUT2D eigenvalue weighted by Gasteiger charge is -2.17. The molecule has 0 bridgehead atoms. The molecule has 0 spiro atoms. The van der Waals surface area contributed by atoms with E-state index >= 15 is 0 Å². The number of aryl methyl sites for hydroxylation is 1. The number of benzene rings is 2. The monoisotopic (exact) mass is 304 g/mol. The van der Waals surface area contributed by atoms with Crippen molar-refractivity contribution in [2.24, 2.45) is 0 Å². The fraction of sp³-hybridized carbons (Fsp3) is 0.188. The highest BCUT2D eigenvalue weighted by molar-refractivity contribution is 6.33. The van der Waals surface area contributed by atoms with Gasteiger partial charge in [-0.3, -0.25) is 4.79 Å². The van der Waals surface area contributed by atoms with Crippen LogP contribution in [-0.2, 0) is 9.53 Å². The number of nitrogens with two attached hydrogens (primary N) is 1. The molecule has 0 aliphatic carbocycles. The largest absolute Gasteiger partial charge is 0.398 e. The van der Waals surface area contributed by atoms with Crippen LogP contribution in [-0.4, -0.2) is 13.0 Å². The summed E-state index contributed by atoms with van der Waals surface area (Å²) >= 11 is 5.99. The van der Waals surface area contributed by atoms with Gasteiger partial charge in [0, 0.05) is 12.8 Å². The summed E-state index contributed by atoms with van der Waals surface area (Å²) in [4.78, 5) is 12.4. The number of hydrogen-bond donors (Lipinski definition) is 2. The Balaban J connectivity index is 2.23. The molecule has 5 heteroatoms. The number of hydrogen-bond acceptors (Lipinski definition) is 3. The molecule has 0 aromatic heterocycles. The zero-order valence-electron chi connectivity index (χ0n) is 11.9. The molecule has 2 rings (SSSR count). The van der Waals surface area contributed by atoms with Crippen molar-refractivity contribution < 1.29 is 9.53 Å². The SMILES string of the molecule is COC(C(=O)Nc1cc(Cl)c(N)cc1C)c1ccccc1. The van der Waals surface area contributed by atoms with Gasteiger partial charge in [0.25, 0.3) is 5.91 Å². The minimum atomic E-state index is -0.679. The molecule has 0 saturated heterocycles. The first-order chi connectivity index (χ1) is 10.0. The highest BCUT2D eigenvalue weighted by atomic mass is 35.5. The van der Waals surface area contributed by atoms with Crippen LogP contribution in [0.5, 0.6) is 0 Å². The summed E-state index contributed by atoms with van der Waals surface area (Å²) in [5, 5.41) is 3.23. The van der Waals surface area contributed by atoms with E-state index in [1.807, 2.05) is 37.3 Å². The first kappa shape index (κ1) is 15.4. The van der Waals surface area contributed by atoms with Crippen LogP contribution in [0.4, 0.5) is 11.4 Å².